The monoisotopic (exact) mass is 524 g/mol. The van der Waals surface area contributed by atoms with E-state index < -0.39 is 29.1 Å². The highest BCUT2D eigenvalue weighted by molar-refractivity contribution is 6.05. The molecule has 8 rings (SSSR count). The summed E-state index contributed by atoms with van der Waals surface area (Å²) in [6.45, 7) is 2.36. The highest BCUT2D eigenvalue weighted by atomic mass is 16.7. The molecule has 1 saturated heterocycles. The molecular weight excluding hydrogens is 492 g/mol. The molecule has 1 aliphatic heterocycles. The van der Waals surface area contributed by atoms with Crippen LogP contribution in [0, 0.1) is 23.2 Å². The molecule has 5 fully saturated rings. The Morgan fingerprint density at radius 1 is 0.872 bits per heavy atom. The molecule has 0 aromatic heterocycles. The van der Waals surface area contributed by atoms with E-state index in [0.717, 1.165) is 16.7 Å². The summed E-state index contributed by atoms with van der Waals surface area (Å²) >= 11 is 0. The van der Waals surface area contributed by atoms with Crippen LogP contribution in [0.15, 0.2) is 91.0 Å². The van der Waals surface area contributed by atoms with Crippen LogP contribution < -0.4 is 0 Å². The van der Waals surface area contributed by atoms with Gasteiger partial charge in [-0.1, -0.05) is 91.0 Å². The Morgan fingerprint density at radius 2 is 1.44 bits per heavy atom. The molecule has 0 N–H and O–H groups in total. The zero-order valence-electron chi connectivity index (χ0n) is 21.9. The van der Waals surface area contributed by atoms with E-state index in [0.29, 0.717) is 19.4 Å². The van der Waals surface area contributed by atoms with Gasteiger partial charge in [-0.3, -0.25) is 9.59 Å². The second-order valence-corrected chi connectivity index (χ2v) is 11.1. The van der Waals surface area contributed by atoms with Crippen LogP contribution in [0.3, 0.4) is 0 Å². The van der Waals surface area contributed by atoms with Gasteiger partial charge in [-0.05, 0) is 36.5 Å². The van der Waals surface area contributed by atoms with Crippen LogP contribution in [-0.2, 0) is 35.1 Å². The maximum atomic E-state index is 13.9. The first-order chi connectivity index (χ1) is 19.1. The summed E-state index contributed by atoms with van der Waals surface area (Å²) in [5.41, 5.74) is 0.996. The van der Waals surface area contributed by atoms with Crippen molar-refractivity contribution in [2.45, 2.75) is 50.5 Å². The minimum atomic E-state index is -1.10. The molecule has 3 aromatic carbocycles. The highest BCUT2D eigenvalue weighted by Gasteiger charge is 2.95. The molecule has 4 aliphatic carbocycles. The van der Waals surface area contributed by atoms with E-state index in [2.05, 4.69) is 0 Å². The fraction of sp³-hybridized carbons (Fsp3) is 0.394. The van der Waals surface area contributed by atoms with Crippen molar-refractivity contribution >= 4 is 11.8 Å². The summed E-state index contributed by atoms with van der Waals surface area (Å²) in [5, 5.41) is 0. The molecule has 0 amide bonds. The third-order valence-electron chi connectivity index (χ3n) is 9.31. The van der Waals surface area contributed by atoms with Crippen molar-refractivity contribution in [3.05, 3.63) is 108 Å². The lowest BCUT2D eigenvalue weighted by Crippen LogP contribution is -2.50. The van der Waals surface area contributed by atoms with Gasteiger partial charge in [-0.15, -0.1) is 0 Å². The maximum absolute atomic E-state index is 13.9. The number of esters is 1. The molecule has 4 bridgehead atoms. The fourth-order valence-corrected chi connectivity index (χ4v) is 7.78. The summed E-state index contributed by atoms with van der Waals surface area (Å²) in [4.78, 5) is 27.7. The predicted molar refractivity (Wildman–Crippen MR) is 142 cm³/mol. The maximum Gasteiger partial charge on any atom is 0.316 e. The number of rotatable bonds is 8. The standard InChI is InChI=1S/C33H32O6/c1-2-36-31(35)33-25(24-18-19-32(33,29(33)26(24)34)37-20-21-12-6-3-7-13-21)30-38-27(22-14-8-4-9-15-22)28(39-30)23-16-10-5-11-17-23/h3-17,24-25,27-30H,2,18-20H2,1H3/t24-,25-,27+,28+,29+,32+,33+/m1/s1. The average Bonchev–Trinajstić information content (AvgIpc) is 3.24. The third kappa shape index (κ3) is 3.51. The normalized spacial score (nSPS) is 34.7. The van der Waals surface area contributed by atoms with E-state index in [4.69, 9.17) is 18.9 Å². The van der Waals surface area contributed by atoms with Gasteiger partial charge in [0.25, 0.3) is 0 Å². The van der Waals surface area contributed by atoms with Crippen molar-refractivity contribution in [2.24, 2.45) is 23.2 Å². The third-order valence-corrected chi connectivity index (χ3v) is 9.31. The number of ketones is 1. The molecule has 6 nitrogen and oxygen atoms in total. The molecule has 0 unspecified atom stereocenters. The highest BCUT2D eigenvalue weighted by Crippen LogP contribution is 2.82. The minimum Gasteiger partial charge on any atom is -0.465 e. The summed E-state index contributed by atoms with van der Waals surface area (Å²) in [5.74, 6) is -1.61. The smallest absolute Gasteiger partial charge is 0.316 e. The molecule has 7 atom stereocenters. The second-order valence-electron chi connectivity index (χ2n) is 11.1. The average molecular weight is 525 g/mol. The lowest BCUT2D eigenvalue weighted by molar-refractivity contribution is -0.192. The van der Waals surface area contributed by atoms with Gasteiger partial charge in [0.1, 0.15) is 23.4 Å². The Hall–Kier alpha value is -3.32. The molecule has 4 saturated carbocycles. The van der Waals surface area contributed by atoms with Crippen LogP contribution in [0.25, 0.3) is 0 Å². The summed E-state index contributed by atoms with van der Waals surface area (Å²) in [6, 6.07) is 29.9. The summed E-state index contributed by atoms with van der Waals surface area (Å²) in [7, 11) is 0. The van der Waals surface area contributed by atoms with E-state index >= 15 is 0 Å². The molecular formula is C33H32O6. The Bertz CT molecular complexity index is 1310. The Morgan fingerprint density at radius 3 is 2.00 bits per heavy atom. The topological polar surface area (TPSA) is 71.1 Å². The van der Waals surface area contributed by atoms with E-state index in [-0.39, 0.29) is 36.5 Å². The van der Waals surface area contributed by atoms with Crippen molar-refractivity contribution in [1.82, 2.24) is 0 Å². The fourth-order valence-electron chi connectivity index (χ4n) is 7.78. The number of fused-ring (bicyclic) bond motifs is 1. The van der Waals surface area contributed by atoms with Crippen molar-refractivity contribution in [2.75, 3.05) is 6.61 Å². The van der Waals surface area contributed by atoms with Gasteiger partial charge in [-0.25, -0.2) is 0 Å². The number of carbonyl (C=O) groups is 2. The van der Waals surface area contributed by atoms with Crippen LogP contribution in [0.4, 0.5) is 0 Å². The quantitative estimate of drug-likeness (QED) is 0.358. The van der Waals surface area contributed by atoms with Crippen LogP contribution >= 0.6 is 0 Å². The molecule has 39 heavy (non-hydrogen) atoms. The first-order valence-electron chi connectivity index (χ1n) is 13.9. The van der Waals surface area contributed by atoms with Crippen LogP contribution in [0.2, 0.25) is 0 Å². The zero-order valence-corrected chi connectivity index (χ0v) is 21.9. The number of benzene rings is 3. The van der Waals surface area contributed by atoms with Gasteiger partial charge in [0.2, 0.25) is 0 Å². The largest absolute Gasteiger partial charge is 0.465 e. The van der Waals surface area contributed by atoms with Crippen LogP contribution in [0.5, 0.6) is 0 Å². The number of carbonyl (C=O) groups excluding carboxylic acids is 2. The van der Waals surface area contributed by atoms with E-state index in [1.807, 2.05) is 91.0 Å². The van der Waals surface area contributed by atoms with E-state index in [9.17, 15) is 9.59 Å². The molecule has 0 spiro atoms. The molecule has 5 aliphatic rings. The first-order valence-corrected chi connectivity index (χ1v) is 13.9. The number of ether oxygens (including phenoxy) is 4. The zero-order chi connectivity index (χ0) is 26.6. The van der Waals surface area contributed by atoms with Crippen LogP contribution in [-0.4, -0.2) is 30.3 Å². The van der Waals surface area contributed by atoms with Gasteiger partial charge in [0.05, 0.1) is 24.7 Å². The minimum absolute atomic E-state index is 0.0824. The lowest BCUT2D eigenvalue weighted by atomic mass is 9.69. The Kier molecular flexibility index (Phi) is 5.96. The Labute approximate surface area is 228 Å². The molecule has 0 radical (unpaired) electrons. The summed E-state index contributed by atoms with van der Waals surface area (Å²) in [6.07, 6.45) is -0.194. The Balaban J connectivity index is 1.27. The van der Waals surface area contributed by atoms with Gasteiger partial charge in [-0.2, -0.15) is 0 Å². The van der Waals surface area contributed by atoms with E-state index in [1.54, 1.807) is 6.92 Å². The molecule has 1 heterocycles. The summed E-state index contributed by atoms with van der Waals surface area (Å²) < 4.78 is 25.7. The molecule has 200 valence electrons. The van der Waals surface area contributed by atoms with Gasteiger partial charge >= 0.3 is 5.97 Å². The van der Waals surface area contributed by atoms with Gasteiger partial charge in [0, 0.05) is 11.8 Å². The van der Waals surface area contributed by atoms with Crippen molar-refractivity contribution in [3.63, 3.8) is 0 Å². The van der Waals surface area contributed by atoms with Crippen molar-refractivity contribution in [1.29, 1.82) is 0 Å². The number of hydrogen-bond acceptors (Lipinski definition) is 6. The van der Waals surface area contributed by atoms with Gasteiger partial charge in [0.15, 0.2) is 6.29 Å². The van der Waals surface area contributed by atoms with Crippen molar-refractivity contribution in [3.8, 4) is 0 Å². The second kappa shape index (κ2) is 9.40. The molecule has 6 heteroatoms. The number of hydrogen-bond donors (Lipinski definition) is 0. The van der Waals surface area contributed by atoms with E-state index in [1.165, 1.54) is 0 Å². The van der Waals surface area contributed by atoms with Crippen molar-refractivity contribution < 1.29 is 28.5 Å². The van der Waals surface area contributed by atoms with Crippen LogP contribution in [0.1, 0.15) is 48.7 Å². The predicted octanol–water partition coefficient (Wildman–Crippen LogP) is 5.59. The first kappa shape index (κ1) is 24.7. The number of Topliss-reactive ketones (excluding diaryl/α,β-unsaturated/α-hetero) is 1. The molecule has 3 aromatic rings. The van der Waals surface area contributed by atoms with Gasteiger partial charge < -0.3 is 18.9 Å². The lowest BCUT2D eigenvalue weighted by Gasteiger charge is -2.41. The SMILES string of the molecule is CCOC(=O)[C@]12[C@H]3C(=O)[C@H](CC[C@]31OCc1ccccc1)[C@@H]2C1O[C@@H](c2ccccc2)[C@H](c2ccccc2)O1.